The molecule has 1 aromatic carbocycles. The highest BCUT2D eigenvalue weighted by Gasteiger charge is 2.33. The molecule has 0 radical (unpaired) electrons. The summed E-state index contributed by atoms with van der Waals surface area (Å²) in [5.74, 6) is 0.382. The number of piperazine rings is 1. The van der Waals surface area contributed by atoms with E-state index >= 15 is 0 Å². The van der Waals surface area contributed by atoms with Gasteiger partial charge in [-0.3, -0.25) is 9.59 Å². The van der Waals surface area contributed by atoms with E-state index in [1.807, 2.05) is 44.3 Å². The Balaban J connectivity index is 1.57. The van der Waals surface area contributed by atoms with Crippen molar-refractivity contribution < 1.29 is 18.9 Å². The van der Waals surface area contributed by atoms with Crippen molar-refractivity contribution in [3.8, 4) is 0 Å². The molecule has 3 rings (SSSR count). The van der Waals surface area contributed by atoms with Crippen LogP contribution < -0.4 is 9.80 Å². The molecule has 1 N–H and O–H groups in total. The lowest BCUT2D eigenvalue weighted by Gasteiger charge is -2.35. The van der Waals surface area contributed by atoms with Crippen LogP contribution in [0.3, 0.4) is 0 Å². The number of rotatable bonds is 4. The van der Waals surface area contributed by atoms with Crippen molar-refractivity contribution >= 4 is 17.5 Å². The zero-order valence-electron chi connectivity index (χ0n) is 14.6. The highest BCUT2D eigenvalue weighted by atomic mass is 16.3. The molecule has 2 heterocycles. The fraction of sp³-hybridized carbons (Fsp3) is 0.368. The third-order valence-electron chi connectivity index (χ3n) is 4.88. The monoisotopic (exact) mass is 342 g/mol. The predicted octanol–water partition coefficient (Wildman–Crippen LogP) is 0.672. The third-order valence-corrected chi connectivity index (χ3v) is 4.88. The van der Waals surface area contributed by atoms with Crippen molar-refractivity contribution in [2.75, 3.05) is 38.1 Å². The van der Waals surface area contributed by atoms with Gasteiger partial charge < -0.3 is 19.1 Å². The first-order chi connectivity index (χ1) is 12.1. The molecule has 2 amide bonds. The van der Waals surface area contributed by atoms with Gasteiger partial charge in [0.1, 0.15) is 0 Å². The Morgan fingerprint density at radius 1 is 1.12 bits per heavy atom. The van der Waals surface area contributed by atoms with Gasteiger partial charge in [-0.15, -0.1) is 0 Å². The van der Waals surface area contributed by atoms with Crippen molar-refractivity contribution in [1.29, 1.82) is 0 Å². The maximum atomic E-state index is 12.8. The van der Waals surface area contributed by atoms with Gasteiger partial charge >= 0.3 is 0 Å². The second-order valence-electron chi connectivity index (χ2n) is 6.38. The summed E-state index contributed by atoms with van der Waals surface area (Å²) in [6.45, 7) is 4.72. The molecule has 1 aromatic heterocycles. The van der Waals surface area contributed by atoms with Crippen LogP contribution in [0, 0.1) is 0 Å². The second-order valence-corrected chi connectivity index (χ2v) is 6.38. The molecule has 1 aliphatic rings. The summed E-state index contributed by atoms with van der Waals surface area (Å²) in [5.41, 5.74) is 0.894. The minimum Gasteiger partial charge on any atom is -0.459 e. The van der Waals surface area contributed by atoms with Gasteiger partial charge in [-0.1, -0.05) is 18.2 Å². The van der Waals surface area contributed by atoms with E-state index in [0.29, 0.717) is 18.8 Å². The van der Waals surface area contributed by atoms with Crippen LogP contribution in [0.25, 0.3) is 0 Å². The summed E-state index contributed by atoms with van der Waals surface area (Å²) < 4.78 is 5.18. The maximum absolute atomic E-state index is 12.8. The number of furan rings is 1. The molecular formula is C19H24N3O3+. The van der Waals surface area contributed by atoms with E-state index in [1.54, 1.807) is 21.9 Å². The summed E-state index contributed by atoms with van der Waals surface area (Å²) in [5, 5.41) is 0. The molecule has 1 fully saturated rings. The number of benzene rings is 1. The predicted molar refractivity (Wildman–Crippen MR) is 94.6 cm³/mol. The van der Waals surface area contributed by atoms with Gasteiger partial charge in [0.05, 0.1) is 32.4 Å². The molecule has 6 nitrogen and oxygen atoms in total. The number of likely N-dealkylation sites (N-methyl/N-ethyl adjacent to an activating group) is 1. The van der Waals surface area contributed by atoms with E-state index in [-0.39, 0.29) is 17.9 Å². The lowest BCUT2D eigenvalue weighted by Crippen LogP contribution is -3.19. The summed E-state index contributed by atoms with van der Waals surface area (Å²) in [6.07, 6.45) is 1.51. The molecule has 0 aliphatic carbocycles. The first-order valence-electron chi connectivity index (χ1n) is 8.58. The number of quaternary nitrogens is 1. The van der Waals surface area contributed by atoms with Gasteiger partial charge in [0.2, 0.25) is 0 Å². The normalized spacial score (nSPS) is 16.5. The average Bonchev–Trinajstić information content (AvgIpc) is 3.21. The Kier molecular flexibility index (Phi) is 5.19. The van der Waals surface area contributed by atoms with Gasteiger partial charge in [-0.05, 0) is 31.2 Å². The van der Waals surface area contributed by atoms with Gasteiger partial charge in [-0.25, -0.2) is 0 Å². The topological polar surface area (TPSA) is 58.2 Å². The zero-order chi connectivity index (χ0) is 17.8. The Hall–Kier alpha value is -2.60. The second kappa shape index (κ2) is 7.53. The van der Waals surface area contributed by atoms with Crippen LogP contribution in [-0.2, 0) is 4.79 Å². The van der Waals surface area contributed by atoms with E-state index < -0.39 is 0 Å². The number of hydrogen-bond acceptors (Lipinski definition) is 3. The first kappa shape index (κ1) is 17.2. The molecule has 1 aliphatic heterocycles. The number of para-hydroxylation sites is 1. The molecule has 25 heavy (non-hydrogen) atoms. The van der Waals surface area contributed by atoms with Crippen LogP contribution >= 0.6 is 0 Å². The maximum Gasteiger partial charge on any atom is 0.289 e. The van der Waals surface area contributed by atoms with E-state index in [4.69, 9.17) is 4.42 Å². The van der Waals surface area contributed by atoms with E-state index in [9.17, 15) is 9.59 Å². The fourth-order valence-electron chi connectivity index (χ4n) is 3.23. The molecule has 1 saturated heterocycles. The summed E-state index contributed by atoms with van der Waals surface area (Å²) in [6, 6.07) is 12.9. The van der Waals surface area contributed by atoms with E-state index in [0.717, 1.165) is 18.8 Å². The molecule has 0 saturated carbocycles. The number of carbonyl (C=O) groups is 2. The van der Waals surface area contributed by atoms with Crippen molar-refractivity contribution in [2.24, 2.45) is 0 Å². The molecule has 2 aromatic rings. The Labute approximate surface area is 147 Å². The van der Waals surface area contributed by atoms with Gasteiger partial charge in [0.15, 0.2) is 11.8 Å². The van der Waals surface area contributed by atoms with Crippen LogP contribution in [0.2, 0.25) is 0 Å². The fourth-order valence-corrected chi connectivity index (χ4v) is 3.23. The van der Waals surface area contributed by atoms with Crippen LogP contribution in [0.1, 0.15) is 17.5 Å². The van der Waals surface area contributed by atoms with Crippen molar-refractivity contribution in [3.05, 3.63) is 54.5 Å². The quantitative estimate of drug-likeness (QED) is 0.889. The minimum absolute atomic E-state index is 0.0792. The Bertz CT molecular complexity index is 707. The molecule has 0 spiro atoms. The highest BCUT2D eigenvalue weighted by Crippen LogP contribution is 2.12. The average molecular weight is 342 g/mol. The van der Waals surface area contributed by atoms with Gasteiger partial charge in [0, 0.05) is 12.7 Å². The summed E-state index contributed by atoms with van der Waals surface area (Å²) in [7, 11) is 1.81. The number of nitrogens with zero attached hydrogens (tertiary/aromatic N) is 2. The largest absolute Gasteiger partial charge is 0.459 e. The highest BCUT2D eigenvalue weighted by molar-refractivity contribution is 5.95. The lowest BCUT2D eigenvalue weighted by atomic mass is 10.2. The third kappa shape index (κ3) is 3.74. The van der Waals surface area contributed by atoms with Crippen molar-refractivity contribution in [1.82, 2.24) is 4.90 Å². The smallest absolute Gasteiger partial charge is 0.289 e. The summed E-state index contributed by atoms with van der Waals surface area (Å²) in [4.78, 5) is 29.8. The van der Waals surface area contributed by atoms with Crippen molar-refractivity contribution in [2.45, 2.75) is 13.0 Å². The molecule has 0 bridgehead atoms. The molecule has 0 unspecified atom stereocenters. The Morgan fingerprint density at radius 2 is 1.80 bits per heavy atom. The van der Waals surface area contributed by atoms with E-state index in [1.165, 1.54) is 11.2 Å². The number of hydrogen-bond donors (Lipinski definition) is 1. The van der Waals surface area contributed by atoms with Crippen molar-refractivity contribution in [3.63, 3.8) is 0 Å². The molecular weight excluding hydrogens is 318 g/mol. The van der Waals surface area contributed by atoms with Crippen LogP contribution in [-0.4, -0.2) is 56.0 Å². The number of anilines is 1. The van der Waals surface area contributed by atoms with E-state index in [2.05, 4.69) is 0 Å². The van der Waals surface area contributed by atoms with Gasteiger partial charge in [-0.2, -0.15) is 0 Å². The zero-order valence-corrected chi connectivity index (χ0v) is 14.6. The summed E-state index contributed by atoms with van der Waals surface area (Å²) >= 11 is 0. The standard InChI is InChI=1S/C19H23N3O3/c1-15(18(23)20(2)16-7-4-3-5-8-16)21-10-12-22(13-11-21)19(24)17-9-6-14-25-17/h3-9,14-15H,10-13H2,1-2H3/p+1/t15-/m0/s1. The SMILES string of the molecule is C[C@@H](C(=O)N(C)c1ccccc1)[NH+]1CCN(C(=O)c2ccco2)CC1. The number of amides is 2. The van der Waals surface area contributed by atoms with Gasteiger partial charge in [0.25, 0.3) is 11.8 Å². The molecule has 6 heteroatoms. The van der Waals surface area contributed by atoms with Crippen LogP contribution in [0.15, 0.2) is 53.1 Å². The number of carbonyl (C=O) groups excluding carboxylic acids is 2. The minimum atomic E-state index is -0.147. The van der Waals surface area contributed by atoms with Crippen LogP contribution in [0.4, 0.5) is 5.69 Å². The Morgan fingerprint density at radius 3 is 2.40 bits per heavy atom. The van der Waals surface area contributed by atoms with Crippen LogP contribution in [0.5, 0.6) is 0 Å². The molecule has 1 atom stereocenters. The number of nitrogens with one attached hydrogen (secondary N) is 1. The first-order valence-corrected chi connectivity index (χ1v) is 8.58. The molecule has 132 valence electrons. The lowest BCUT2D eigenvalue weighted by molar-refractivity contribution is -0.917.